The normalized spacial score (nSPS) is 13.2. The first kappa shape index (κ1) is 17.1. The first-order chi connectivity index (χ1) is 9.58. The summed E-state index contributed by atoms with van der Waals surface area (Å²) in [5.74, 6) is -0.129. The topological polar surface area (TPSA) is 18.5 Å². The summed E-state index contributed by atoms with van der Waals surface area (Å²) in [7, 11) is 6.07. The Kier molecular flexibility index (Phi) is 7.73. The molecule has 1 unspecified atom stereocenters. The maximum absolute atomic E-state index is 13.9. The van der Waals surface area contributed by atoms with Gasteiger partial charge in [0, 0.05) is 18.2 Å². The number of halogens is 1. The largest absolute Gasteiger partial charge is 0.312 e. The fourth-order valence-corrected chi connectivity index (χ4v) is 2.35. The van der Waals surface area contributed by atoms with Crippen LogP contribution in [0.2, 0.25) is 0 Å². The fraction of sp³-hybridized carbons (Fsp3) is 0.625. The molecule has 3 nitrogen and oxygen atoms in total. The predicted octanol–water partition coefficient (Wildman–Crippen LogP) is 2.36. The minimum Gasteiger partial charge on any atom is -0.312 e. The molecule has 1 aromatic carbocycles. The lowest BCUT2D eigenvalue weighted by Crippen LogP contribution is -2.35. The molecule has 0 aliphatic rings. The van der Waals surface area contributed by atoms with Gasteiger partial charge in [0.25, 0.3) is 0 Å². The molecular weight excluding hydrogens is 253 g/mol. The molecule has 0 spiro atoms. The Bertz CT molecular complexity index is 382. The van der Waals surface area contributed by atoms with Crippen molar-refractivity contribution in [3.63, 3.8) is 0 Å². The van der Waals surface area contributed by atoms with Crippen LogP contribution in [0.1, 0.15) is 24.9 Å². The van der Waals surface area contributed by atoms with Crippen molar-refractivity contribution in [2.24, 2.45) is 0 Å². The molecule has 0 aromatic heterocycles. The number of likely N-dealkylation sites (N-methyl/N-ethyl adjacent to an activating group) is 2. The third-order valence-electron chi connectivity index (χ3n) is 3.60. The first-order valence-electron chi connectivity index (χ1n) is 7.37. The average molecular weight is 281 g/mol. The Morgan fingerprint density at radius 1 is 1.20 bits per heavy atom. The first-order valence-corrected chi connectivity index (χ1v) is 7.37. The van der Waals surface area contributed by atoms with E-state index in [1.807, 2.05) is 19.2 Å². The Morgan fingerprint density at radius 2 is 1.90 bits per heavy atom. The molecule has 0 heterocycles. The van der Waals surface area contributed by atoms with Gasteiger partial charge in [-0.1, -0.05) is 25.1 Å². The van der Waals surface area contributed by atoms with Crippen LogP contribution in [0.15, 0.2) is 24.3 Å². The molecule has 4 heteroatoms. The van der Waals surface area contributed by atoms with Crippen LogP contribution < -0.4 is 5.32 Å². The van der Waals surface area contributed by atoms with Crippen LogP contribution in [0.5, 0.6) is 0 Å². The summed E-state index contributed by atoms with van der Waals surface area (Å²) >= 11 is 0. The zero-order valence-corrected chi connectivity index (χ0v) is 13.2. The minimum atomic E-state index is -0.129. The van der Waals surface area contributed by atoms with Crippen molar-refractivity contribution in [3.05, 3.63) is 35.6 Å². The summed E-state index contributed by atoms with van der Waals surface area (Å²) < 4.78 is 13.9. The molecule has 0 bridgehead atoms. The van der Waals surface area contributed by atoms with Crippen LogP contribution in [-0.4, -0.2) is 57.1 Å². The monoisotopic (exact) mass is 281 g/mol. The SMILES string of the molecule is CCN(CCCN(C)C)CC(NC)c1ccccc1F. The molecule has 20 heavy (non-hydrogen) atoms. The molecule has 1 N–H and O–H groups in total. The summed E-state index contributed by atoms with van der Waals surface area (Å²) in [5, 5.41) is 3.23. The number of rotatable bonds is 9. The molecule has 0 aliphatic carbocycles. The van der Waals surface area contributed by atoms with Gasteiger partial charge in [-0.15, -0.1) is 0 Å². The molecule has 1 atom stereocenters. The summed E-state index contributed by atoms with van der Waals surface area (Å²) in [4.78, 5) is 4.57. The van der Waals surface area contributed by atoms with E-state index < -0.39 is 0 Å². The lowest BCUT2D eigenvalue weighted by molar-refractivity contribution is 0.241. The van der Waals surface area contributed by atoms with Gasteiger partial charge < -0.3 is 15.1 Å². The Labute approximate surface area is 122 Å². The van der Waals surface area contributed by atoms with Gasteiger partial charge in [-0.3, -0.25) is 0 Å². The van der Waals surface area contributed by atoms with Crippen molar-refractivity contribution >= 4 is 0 Å². The number of hydrogen-bond acceptors (Lipinski definition) is 3. The van der Waals surface area contributed by atoms with Crippen molar-refractivity contribution in [3.8, 4) is 0 Å². The van der Waals surface area contributed by atoms with Gasteiger partial charge in [-0.05, 0) is 53.3 Å². The standard InChI is InChI=1S/C16H28FN3/c1-5-20(12-8-11-19(3)4)13-16(18-2)14-9-6-7-10-15(14)17/h6-7,9-10,16,18H,5,8,11-13H2,1-4H3. The Hall–Kier alpha value is -0.970. The van der Waals surface area contributed by atoms with Crippen molar-refractivity contribution in [2.75, 3.05) is 47.3 Å². The molecule has 114 valence electrons. The van der Waals surface area contributed by atoms with Gasteiger partial charge in [0.05, 0.1) is 0 Å². The Balaban J connectivity index is 2.59. The van der Waals surface area contributed by atoms with Gasteiger partial charge in [0.1, 0.15) is 5.82 Å². The highest BCUT2D eigenvalue weighted by molar-refractivity contribution is 5.21. The van der Waals surface area contributed by atoms with E-state index in [1.54, 1.807) is 6.07 Å². The zero-order valence-electron chi connectivity index (χ0n) is 13.2. The van der Waals surface area contributed by atoms with Crippen molar-refractivity contribution < 1.29 is 4.39 Å². The molecule has 0 amide bonds. The highest BCUT2D eigenvalue weighted by Crippen LogP contribution is 2.17. The Morgan fingerprint density at radius 3 is 2.45 bits per heavy atom. The summed E-state index contributed by atoms with van der Waals surface area (Å²) in [6, 6.07) is 7.06. The minimum absolute atomic E-state index is 0.0375. The lowest BCUT2D eigenvalue weighted by atomic mass is 10.1. The smallest absolute Gasteiger partial charge is 0.128 e. The molecule has 0 fully saturated rings. The van der Waals surface area contributed by atoms with E-state index in [1.165, 1.54) is 6.07 Å². The highest BCUT2D eigenvalue weighted by atomic mass is 19.1. The summed E-state index contributed by atoms with van der Waals surface area (Å²) in [5.41, 5.74) is 0.751. The maximum Gasteiger partial charge on any atom is 0.128 e. The zero-order chi connectivity index (χ0) is 15.0. The average Bonchev–Trinajstić information content (AvgIpc) is 2.43. The van der Waals surface area contributed by atoms with Crippen LogP contribution in [0.4, 0.5) is 4.39 Å². The molecule has 0 saturated carbocycles. The van der Waals surface area contributed by atoms with E-state index in [4.69, 9.17) is 0 Å². The molecular formula is C16H28FN3. The molecule has 0 saturated heterocycles. The van der Waals surface area contributed by atoms with Crippen LogP contribution in [0.25, 0.3) is 0 Å². The third-order valence-corrected chi connectivity index (χ3v) is 3.60. The van der Waals surface area contributed by atoms with Gasteiger partial charge >= 0.3 is 0 Å². The van der Waals surface area contributed by atoms with Crippen LogP contribution in [0, 0.1) is 5.82 Å². The van der Waals surface area contributed by atoms with E-state index in [0.717, 1.165) is 38.2 Å². The van der Waals surface area contributed by atoms with Crippen LogP contribution in [-0.2, 0) is 0 Å². The van der Waals surface area contributed by atoms with Crippen LogP contribution in [0.3, 0.4) is 0 Å². The van der Waals surface area contributed by atoms with Gasteiger partial charge in [-0.25, -0.2) is 4.39 Å². The number of nitrogens with one attached hydrogen (secondary N) is 1. The van der Waals surface area contributed by atoms with Gasteiger partial charge in [0.2, 0.25) is 0 Å². The van der Waals surface area contributed by atoms with E-state index >= 15 is 0 Å². The van der Waals surface area contributed by atoms with Crippen molar-refractivity contribution in [1.82, 2.24) is 15.1 Å². The quantitative estimate of drug-likeness (QED) is 0.749. The van der Waals surface area contributed by atoms with E-state index in [9.17, 15) is 4.39 Å². The van der Waals surface area contributed by atoms with Crippen molar-refractivity contribution in [2.45, 2.75) is 19.4 Å². The lowest BCUT2D eigenvalue weighted by Gasteiger charge is -2.27. The molecule has 0 radical (unpaired) electrons. The second-order valence-corrected chi connectivity index (χ2v) is 5.41. The fourth-order valence-electron chi connectivity index (χ4n) is 2.35. The molecule has 0 aliphatic heterocycles. The maximum atomic E-state index is 13.9. The molecule has 1 aromatic rings. The third kappa shape index (κ3) is 5.57. The van der Waals surface area contributed by atoms with E-state index in [0.29, 0.717) is 0 Å². The highest BCUT2D eigenvalue weighted by Gasteiger charge is 2.16. The van der Waals surface area contributed by atoms with E-state index in [2.05, 4.69) is 36.1 Å². The molecule has 1 rings (SSSR count). The number of hydrogen-bond donors (Lipinski definition) is 1. The van der Waals surface area contributed by atoms with Gasteiger partial charge in [0.15, 0.2) is 0 Å². The van der Waals surface area contributed by atoms with Crippen LogP contribution >= 0.6 is 0 Å². The second-order valence-electron chi connectivity index (χ2n) is 5.41. The van der Waals surface area contributed by atoms with Crippen molar-refractivity contribution in [1.29, 1.82) is 0 Å². The van der Waals surface area contributed by atoms with E-state index in [-0.39, 0.29) is 11.9 Å². The second kappa shape index (κ2) is 9.06. The van der Waals surface area contributed by atoms with Gasteiger partial charge in [-0.2, -0.15) is 0 Å². The number of nitrogens with zero attached hydrogens (tertiary/aromatic N) is 2. The summed E-state index contributed by atoms with van der Waals surface area (Å²) in [6.45, 7) is 6.10. The number of benzene rings is 1. The summed E-state index contributed by atoms with van der Waals surface area (Å²) in [6.07, 6.45) is 1.13. The predicted molar refractivity (Wildman–Crippen MR) is 83.5 cm³/mol.